The molecule has 7 heteroatoms. The second-order valence-corrected chi connectivity index (χ2v) is 10.00. The zero-order valence-corrected chi connectivity index (χ0v) is 20.3. The highest BCUT2D eigenvalue weighted by molar-refractivity contribution is 7.92. The van der Waals surface area contributed by atoms with Gasteiger partial charge in [0.2, 0.25) is 0 Å². The van der Waals surface area contributed by atoms with Crippen molar-refractivity contribution in [1.82, 2.24) is 0 Å². The minimum absolute atomic E-state index is 0.181. The van der Waals surface area contributed by atoms with Crippen molar-refractivity contribution >= 4 is 27.3 Å². The maximum atomic E-state index is 12.9. The van der Waals surface area contributed by atoms with Crippen LogP contribution in [0.1, 0.15) is 5.56 Å². The van der Waals surface area contributed by atoms with E-state index in [2.05, 4.69) is 5.32 Å². The zero-order valence-electron chi connectivity index (χ0n) is 19.5. The van der Waals surface area contributed by atoms with Crippen molar-refractivity contribution in [3.8, 4) is 16.9 Å². The Kier molecular flexibility index (Phi) is 7.17. The fourth-order valence-corrected chi connectivity index (χ4v) is 4.75. The van der Waals surface area contributed by atoms with E-state index in [-0.39, 0.29) is 17.4 Å². The molecule has 1 amide bonds. The molecule has 0 bridgehead atoms. The predicted octanol–water partition coefficient (Wildman–Crippen LogP) is 5.50. The van der Waals surface area contributed by atoms with Crippen LogP contribution in [0.3, 0.4) is 0 Å². The van der Waals surface area contributed by atoms with E-state index in [1.807, 2.05) is 61.5 Å². The van der Waals surface area contributed by atoms with Crippen LogP contribution in [0.2, 0.25) is 0 Å². The molecule has 0 unspecified atom stereocenters. The lowest BCUT2D eigenvalue weighted by atomic mass is 10.0. The lowest BCUT2D eigenvalue weighted by Gasteiger charge is -2.20. The van der Waals surface area contributed by atoms with Crippen LogP contribution in [-0.2, 0) is 14.8 Å². The number of anilines is 2. The van der Waals surface area contributed by atoms with Crippen LogP contribution < -0.4 is 14.4 Å². The van der Waals surface area contributed by atoms with E-state index in [0.29, 0.717) is 17.1 Å². The fourth-order valence-electron chi connectivity index (χ4n) is 3.56. The van der Waals surface area contributed by atoms with Gasteiger partial charge < -0.3 is 10.1 Å². The van der Waals surface area contributed by atoms with Gasteiger partial charge in [-0.05, 0) is 55.0 Å². The third kappa shape index (κ3) is 5.70. The standard InChI is InChI=1S/C28H26N2O4S/c1-21-12-18-25(19-13-21)35(32,33)30(2)23-14-16-24(17-15-23)34-20-28(31)29-27-11-7-6-10-26(27)22-8-4-3-5-9-22/h3-19H,20H2,1-2H3,(H,29,31). The molecule has 1 N–H and O–H groups in total. The molecule has 0 fully saturated rings. The van der Waals surface area contributed by atoms with Crippen molar-refractivity contribution in [3.05, 3.63) is 109 Å². The van der Waals surface area contributed by atoms with Crippen molar-refractivity contribution in [1.29, 1.82) is 0 Å². The van der Waals surface area contributed by atoms with Crippen molar-refractivity contribution in [2.75, 3.05) is 23.3 Å². The van der Waals surface area contributed by atoms with E-state index >= 15 is 0 Å². The smallest absolute Gasteiger partial charge is 0.264 e. The Balaban J connectivity index is 1.39. The number of benzene rings is 4. The van der Waals surface area contributed by atoms with Gasteiger partial charge in [-0.1, -0.05) is 66.2 Å². The third-order valence-electron chi connectivity index (χ3n) is 5.54. The maximum Gasteiger partial charge on any atom is 0.264 e. The first-order chi connectivity index (χ1) is 16.8. The summed E-state index contributed by atoms with van der Waals surface area (Å²) < 4.78 is 32.6. The molecule has 0 heterocycles. The van der Waals surface area contributed by atoms with Gasteiger partial charge in [0.1, 0.15) is 5.75 Å². The number of nitrogens with zero attached hydrogens (tertiary/aromatic N) is 1. The topological polar surface area (TPSA) is 75.7 Å². The first-order valence-corrected chi connectivity index (χ1v) is 12.5. The molecule has 178 valence electrons. The number of ether oxygens (including phenoxy) is 1. The largest absolute Gasteiger partial charge is 0.484 e. The molecular formula is C28H26N2O4S. The summed E-state index contributed by atoms with van der Waals surface area (Å²) in [4.78, 5) is 12.8. The van der Waals surface area contributed by atoms with Crippen LogP contribution in [0.25, 0.3) is 11.1 Å². The number of hydrogen-bond acceptors (Lipinski definition) is 4. The van der Waals surface area contributed by atoms with Crippen LogP contribution in [0.15, 0.2) is 108 Å². The molecule has 4 aromatic carbocycles. The molecule has 4 aromatic rings. The van der Waals surface area contributed by atoms with Gasteiger partial charge in [0.25, 0.3) is 15.9 Å². The third-order valence-corrected chi connectivity index (χ3v) is 7.34. The highest BCUT2D eigenvalue weighted by Crippen LogP contribution is 2.28. The Morgan fingerprint density at radius 3 is 2.14 bits per heavy atom. The number of carbonyl (C=O) groups excluding carboxylic acids is 1. The Labute approximate surface area is 205 Å². The van der Waals surface area contributed by atoms with Gasteiger partial charge in [-0.15, -0.1) is 0 Å². The van der Waals surface area contributed by atoms with Gasteiger partial charge in [0.15, 0.2) is 6.61 Å². The van der Waals surface area contributed by atoms with Gasteiger partial charge >= 0.3 is 0 Å². The fraction of sp³-hybridized carbons (Fsp3) is 0.107. The second kappa shape index (κ2) is 10.4. The summed E-state index contributed by atoms with van der Waals surface area (Å²) in [6.07, 6.45) is 0. The summed E-state index contributed by atoms with van der Waals surface area (Å²) in [7, 11) is -2.18. The average Bonchev–Trinajstić information content (AvgIpc) is 2.88. The highest BCUT2D eigenvalue weighted by atomic mass is 32.2. The van der Waals surface area contributed by atoms with Crippen molar-refractivity contribution in [2.45, 2.75) is 11.8 Å². The molecule has 0 aromatic heterocycles. The molecule has 0 aliphatic rings. The monoisotopic (exact) mass is 486 g/mol. The molecule has 0 saturated carbocycles. The van der Waals surface area contributed by atoms with E-state index < -0.39 is 10.0 Å². The SMILES string of the molecule is Cc1ccc(S(=O)(=O)N(C)c2ccc(OCC(=O)Nc3ccccc3-c3ccccc3)cc2)cc1. The highest BCUT2D eigenvalue weighted by Gasteiger charge is 2.21. The molecule has 0 aliphatic carbocycles. The van der Waals surface area contributed by atoms with E-state index in [9.17, 15) is 13.2 Å². The summed E-state index contributed by atoms with van der Waals surface area (Å²) in [6.45, 7) is 1.72. The molecule has 0 aliphatic heterocycles. The van der Waals surface area contributed by atoms with Gasteiger partial charge in [-0.25, -0.2) is 8.42 Å². The summed E-state index contributed by atoms with van der Waals surface area (Å²) in [5, 5.41) is 2.90. The first-order valence-electron chi connectivity index (χ1n) is 11.1. The first kappa shape index (κ1) is 24.0. The molecular weight excluding hydrogens is 460 g/mol. The molecule has 0 spiro atoms. The Morgan fingerprint density at radius 2 is 1.46 bits per heavy atom. The van der Waals surface area contributed by atoms with E-state index in [1.165, 1.54) is 11.4 Å². The number of carbonyl (C=O) groups is 1. The lowest BCUT2D eigenvalue weighted by Crippen LogP contribution is -2.26. The Morgan fingerprint density at radius 1 is 0.829 bits per heavy atom. The van der Waals surface area contributed by atoms with Crippen LogP contribution in [-0.4, -0.2) is 28.0 Å². The van der Waals surface area contributed by atoms with E-state index in [4.69, 9.17) is 4.74 Å². The number of para-hydroxylation sites is 1. The average molecular weight is 487 g/mol. The normalized spacial score (nSPS) is 11.0. The maximum absolute atomic E-state index is 12.9. The molecule has 0 radical (unpaired) electrons. The summed E-state index contributed by atoms with van der Waals surface area (Å²) in [5.74, 6) is 0.165. The van der Waals surface area contributed by atoms with Crippen molar-refractivity contribution < 1.29 is 17.9 Å². The van der Waals surface area contributed by atoms with Crippen molar-refractivity contribution in [3.63, 3.8) is 0 Å². The van der Waals surface area contributed by atoms with Gasteiger partial charge in [-0.3, -0.25) is 9.10 Å². The van der Waals surface area contributed by atoms with Crippen LogP contribution in [0.4, 0.5) is 11.4 Å². The summed E-state index contributed by atoms with van der Waals surface area (Å²) >= 11 is 0. The number of aryl methyl sites for hydroxylation is 1. The summed E-state index contributed by atoms with van der Waals surface area (Å²) in [5.41, 5.74) is 4.10. The van der Waals surface area contributed by atoms with Crippen LogP contribution >= 0.6 is 0 Å². The zero-order chi connectivity index (χ0) is 24.8. The van der Waals surface area contributed by atoms with Crippen molar-refractivity contribution in [2.24, 2.45) is 0 Å². The number of nitrogens with one attached hydrogen (secondary N) is 1. The quantitative estimate of drug-likeness (QED) is 0.357. The number of sulfonamides is 1. The van der Waals surface area contributed by atoms with Gasteiger partial charge in [-0.2, -0.15) is 0 Å². The van der Waals surface area contributed by atoms with E-state index in [0.717, 1.165) is 16.7 Å². The number of hydrogen-bond donors (Lipinski definition) is 1. The lowest BCUT2D eigenvalue weighted by molar-refractivity contribution is -0.118. The summed E-state index contributed by atoms with van der Waals surface area (Å²) in [6, 6.07) is 30.7. The second-order valence-electron chi connectivity index (χ2n) is 8.03. The van der Waals surface area contributed by atoms with Crippen LogP contribution in [0, 0.1) is 6.92 Å². The van der Waals surface area contributed by atoms with Gasteiger partial charge in [0.05, 0.1) is 10.6 Å². The Bertz CT molecular complexity index is 1400. The Hall–Kier alpha value is -4.10. The molecule has 4 rings (SSSR count). The molecule has 35 heavy (non-hydrogen) atoms. The van der Waals surface area contributed by atoms with Gasteiger partial charge in [0, 0.05) is 18.3 Å². The van der Waals surface area contributed by atoms with Crippen LogP contribution in [0.5, 0.6) is 5.75 Å². The van der Waals surface area contributed by atoms with E-state index in [1.54, 1.807) is 48.5 Å². The minimum Gasteiger partial charge on any atom is -0.484 e. The number of rotatable bonds is 8. The molecule has 6 nitrogen and oxygen atoms in total. The molecule has 0 atom stereocenters. The molecule has 0 saturated heterocycles. The minimum atomic E-state index is -3.68. The predicted molar refractivity (Wildman–Crippen MR) is 139 cm³/mol. The number of amides is 1.